The summed E-state index contributed by atoms with van der Waals surface area (Å²) in [5, 5.41) is 14.4. The van der Waals surface area contributed by atoms with E-state index in [1.165, 1.54) is 35.2 Å². The molecule has 5 nitrogen and oxygen atoms in total. The van der Waals surface area contributed by atoms with Crippen LogP contribution in [-0.4, -0.2) is 21.9 Å². The number of benzene rings is 2. The Kier molecular flexibility index (Phi) is 5.62. The van der Waals surface area contributed by atoms with Gasteiger partial charge in [0.1, 0.15) is 5.82 Å². The summed E-state index contributed by atoms with van der Waals surface area (Å²) in [6, 6.07) is 13.7. The van der Waals surface area contributed by atoms with Crippen LogP contribution in [0.2, 0.25) is 0 Å². The van der Waals surface area contributed by atoms with Crippen LogP contribution in [-0.2, 0) is 4.79 Å². The zero-order chi connectivity index (χ0) is 17.6. The number of amides is 1. The Hall–Kier alpha value is -2.45. The number of carbonyl (C=O) groups is 1. The van der Waals surface area contributed by atoms with Crippen LogP contribution in [0.3, 0.4) is 0 Å². The van der Waals surface area contributed by atoms with Crippen LogP contribution in [0, 0.1) is 12.7 Å². The molecule has 0 bridgehead atoms. The summed E-state index contributed by atoms with van der Waals surface area (Å²) in [5.74, 6) is -0.191. The second-order valence-electron chi connectivity index (χ2n) is 5.21. The molecule has 0 aliphatic heterocycles. The van der Waals surface area contributed by atoms with Gasteiger partial charge in [-0.05, 0) is 37.3 Å². The number of carbonyl (C=O) groups excluding carboxylic acids is 1. The molecule has 1 aromatic heterocycles. The minimum Gasteiger partial charge on any atom is -0.330 e. The van der Waals surface area contributed by atoms with E-state index in [4.69, 9.17) is 0 Å². The summed E-state index contributed by atoms with van der Waals surface area (Å²) in [6.07, 6.45) is 0. The molecular weight excluding hydrogens is 359 g/mol. The first kappa shape index (κ1) is 17.4. The van der Waals surface area contributed by atoms with Crippen molar-refractivity contribution < 1.29 is 9.18 Å². The van der Waals surface area contributed by atoms with E-state index in [2.05, 4.69) is 20.8 Å². The SMILES string of the molecule is Cc1ccc(NC(=O)CSc2nnc(Nc3cccc(F)c3)s2)cc1. The second-order valence-corrected chi connectivity index (χ2v) is 7.41. The molecule has 128 valence electrons. The number of halogens is 1. The van der Waals surface area contributed by atoms with Crippen LogP contribution in [0.5, 0.6) is 0 Å². The molecule has 0 saturated heterocycles. The predicted octanol–water partition coefficient (Wildman–Crippen LogP) is 4.46. The summed E-state index contributed by atoms with van der Waals surface area (Å²) in [6.45, 7) is 1.99. The van der Waals surface area contributed by atoms with Crippen LogP contribution in [0.1, 0.15) is 5.56 Å². The maximum Gasteiger partial charge on any atom is 0.234 e. The lowest BCUT2D eigenvalue weighted by molar-refractivity contribution is -0.113. The molecule has 25 heavy (non-hydrogen) atoms. The third-order valence-electron chi connectivity index (χ3n) is 3.14. The van der Waals surface area contributed by atoms with E-state index >= 15 is 0 Å². The van der Waals surface area contributed by atoms with E-state index in [1.54, 1.807) is 12.1 Å². The molecule has 8 heteroatoms. The maximum absolute atomic E-state index is 13.2. The Morgan fingerprint density at radius 3 is 2.72 bits per heavy atom. The van der Waals surface area contributed by atoms with Gasteiger partial charge in [0.25, 0.3) is 0 Å². The quantitative estimate of drug-likeness (QED) is 0.624. The average Bonchev–Trinajstić information content (AvgIpc) is 3.03. The van der Waals surface area contributed by atoms with E-state index in [0.717, 1.165) is 11.3 Å². The van der Waals surface area contributed by atoms with Crippen molar-refractivity contribution in [2.24, 2.45) is 0 Å². The number of aromatic nitrogens is 2. The van der Waals surface area contributed by atoms with Crippen molar-refractivity contribution in [3.8, 4) is 0 Å². The van der Waals surface area contributed by atoms with E-state index in [0.29, 0.717) is 15.2 Å². The summed E-state index contributed by atoms with van der Waals surface area (Å²) >= 11 is 2.62. The van der Waals surface area contributed by atoms with Gasteiger partial charge < -0.3 is 10.6 Å². The van der Waals surface area contributed by atoms with Crippen molar-refractivity contribution in [1.82, 2.24) is 10.2 Å². The maximum atomic E-state index is 13.2. The molecule has 1 heterocycles. The zero-order valence-electron chi connectivity index (χ0n) is 13.3. The zero-order valence-corrected chi connectivity index (χ0v) is 15.0. The fraction of sp³-hybridized carbons (Fsp3) is 0.118. The lowest BCUT2D eigenvalue weighted by atomic mass is 10.2. The fourth-order valence-electron chi connectivity index (χ4n) is 1.97. The first-order chi connectivity index (χ1) is 12.1. The number of hydrogen-bond donors (Lipinski definition) is 2. The van der Waals surface area contributed by atoms with Crippen molar-refractivity contribution in [1.29, 1.82) is 0 Å². The Balaban J connectivity index is 1.51. The molecule has 2 N–H and O–H groups in total. The second kappa shape index (κ2) is 8.09. The minimum absolute atomic E-state index is 0.108. The highest BCUT2D eigenvalue weighted by atomic mass is 32.2. The smallest absolute Gasteiger partial charge is 0.234 e. The first-order valence-corrected chi connectivity index (χ1v) is 9.24. The molecule has 0 saturated carbocycles. The summed E-state index contributed by atoms with van der Waals surface area (Å²) < 4.78 is 13.8. The van der Waals surface area contributed by atoms with Gasteiger partial charge in [-0.15, -0.1) is 10.2 Å². The third kappa shape index (κ3) is 5.27. The van der Waals surface area contributed by atoms with Gasteiger partial charge in [0.2, 0.25) is 11.0 Å². The number of anilines is 3. The predicted molar refractivity (Wildman–Crippen MR) is 100 cm³/mol. The molecule has 0 spiro atoms. The minimum atomic E-state index is -0.322. The van der Waals surface area contributed by atoms with Crippen molar-refractivity contribution in [3.05, 3.63) is 59.9 Å². The van der Waals surface area contributed by atoms with E-state index in [9.17, 15) is 9.18 Å². The van der Waals surface area contributed by atoms with Gasteiger partial charge in [0.05, 0.1) is 5.75 Å². The highest BCUT2D eigenvalue weighted by Crippen LogP contribution is 2.27. The van der Waals surface area contributed by atoms with Crippen molar-refractivity contribution in [2.75, 3.05) is 16.4 Å². The Morgan fingerprint density at radius 2 is 1.96 bits per heavy atom. The summed E-state index contributed by atoms with van der Waals surface area (Å²) in [7, 11) is 0. The lowest BCUT2D eigenvalue weighted by Gasteiger charge is -2.04. The molecule has 3 aromatic rings. The highest BCUT2D eigenvalue weighted by molar-refractivity contribution is 8.01. The third-order valence-corrected chi connectivity index (χ3v) is 5.12. The molecule has 0 unspecified atom stereocenters. The van der Waals surface area contributed by atoms with Crippen LogP contribution >= 0.6 is 23.1 Å². The van der Waals surface area contributed by atoms with E-state index < -0.39 is 0 Å². The lowest BCUT2D eigenvalue weighted by Crippen LogP contribution is -2.13. The van der Waals surface area contributed by atoms with Gasteiger partial charge in [-0.2, -0.15) is 0 Å². The molecule has 2 aromatic carbocycles. The normalized spacial score (nSPS) is 10.5. The van der Waals surface area contributed by atoms with Crippen LogP contribution < -0.4 is 10.6 Å². The molecule has 0 atom stereocenters. The highest BCUT2D eigenvalue weighted by Gasteiger charge is 2.09. The molecular formula is C17H15FN4OS2. The van der Waals surface area contributed by atoms with E-state index in [1.807, 2.05) is 31.2 Å². The van der Waals surface area contributed by atoms with Gasteiger partial charge in [-0.3, -0.25) is 4.79 Å². The van der Waals surface area contributed by atoms with Crippen LogP contribution in [0.25, 0.3) is 0 Å². The van der Waals surface area contributed by atoms with Gasteiger partial charge >= 0.3 is 0 Å². The van der Waals surface area contributed by atoms with Gasteiger partial charge in [-0.25, -0.2) is 4.39 Å². The number of hydrogen-bond acceptors (Lipinski definition) is 6. The van der Waals surface area contributed by atoms with Gasteiger partial charge in [0, 0.05) is 11.4 Å². The van der Waals surface area contributed by atoms with Crippen LogP contribution in [0.15, 0.2) is 52.9 Å². The number of thioether (sulfide) groups is 1. The van der Waals surface area contributed by atoms with Crippen molar-refractivity contribution in [2.45, 2.75) is 11.3 Å². The Bertz CT molecular complexity index is 867. The van der Waals surface area contributed by atoms with Gasteiger partial charge in [0.15, 0.2) is 4.34 Å². The summed E-state index contributed by atoms with van der Waals surface area (Å²) in [5.41, 5.74) is 2.51. The molecule has 0 aliphatic rings. The molecule has 3 rings (SSSR count). The largest absolute Gasteiger partial charge is 0.330 e. The summed E-state index contributed by atoms with van der Waals surface area (Å²) in [4.78, 5) is 12.0. The van der Waals surface area contributed by atoms with Crippen LogP contribution in [0.4, 0.5) is 20.9 Å². The molecule has 1 amide bonds. The number of rotatable bonds is 6. The number of nitrogens with one attached hydrogen (secondary N) is 2. The molecule has 0 radical (unpaired) electrons. The standard InChI is InChI=1S/C17H15FN4OS2/c1-11-5-7-13(8-6-11)19-15(23)10-24-17-22-21-16(25-17)20-14-4-2-3-12(18)9-14/h2-9H,10H2,1H3,(H,19,23)(H,20,21). The fourth-order valence-corrected chi connectivity index (χ4v) is 3.54. The van der Waals surface area contributed by atoms with Crippen molar-refractivity contribution >= 4 is 45.5 Å². The monoisotopic (exact) mass is 374 g/mol. The average molecular weight is 374 g/mol. The molecule has 0 aliphatic carbocycles. The molecule has 0 fully saturated rings. The Morgan fingerprint density at radius 1 is 1.16 bits per heavy atom. The number of aryl methyl sites for hydroxylation is 1. The first-order valence-electron chi connectivity index (χ1n) is 7.44. The number of nitrogens with zero attached hydrogens (tertiary/aromatic N) is 2. The Labute approximate surface area is 152 Å². The van der Waals surface area contributed by atoms with Crippen molar-refractivity contribution in [3.63, 3.8) is 0 Å². The van der Waals surface area contributed by atoms with Gasteiger partial charge in [-0.1, -0.05) is 46.9 Å². The van der Waals surface area contributed by atoms with E-state index in [-0.39, 0.29) is 17.5 Å². The topological polar surface area (TPSA) is 66.9 Å².